The zero-order valence-electron chi connectivity index (χ0n) is 17.4. The van der Waals surface area contributed by atoms with Crippen LogP contribution in [0.25, 0.3) is 11.4 Å². The maximum absolute atomic E-state index is 12.8. The summed E-state index contributed by atoms with van der Waals surface area (Å²) in [6.45, 7) is 1.99. The molecule has 0 radical (unpaired) electrons. The summed E-state index contributed by atoms with van der Waals surface area (Å²) in [6, 6.07) is 12.4. The fraction of sp³-hybridized carbons (Fsp3) is 0.273. The summed E-state index contributed by atoms with van der Waals surface area (Å²) < 4.78 is 15.5. The van der Waals surface area contributed by atoms with Crippen LogP contribution in [0.5, 0.6) is 11.5 Å². The molecule has 0 aliphatic carbocycles. The van der Waals surface area contributed by atoms with Crippen LogP contribution in [0.4, 0.5) is 11.4 Å². The van der Waals surface area contributed by atoms with Crippen molar-refractivity contribution >= 4 is 23.2 Å². The number of nitrogens with one attached hydrogen (secondary N) is 1. The van der Waals surface area contributed by atoms with Crippen LogP contribution in [0.1, 0.15) is 12.3 Å². The van der Waals surface area contributed by atoms with Gasteiger partial charge in [0.05, 0.1) is 20.1 Å². The minimum Gasteiger partial charge on any atom is -0.497 e. The van der Waals surface area contributed by atoms with Gasteiger partial charge in [-0.1, -0.05) is 17.3 Å². The lowest BCUT2D eigenvalue weighted by Crippen LogP contribution is -2.28. The highest BCUT2D eigenvalue weighted by molar-refractivity contribution is 6.03. The number of rotatable bonds is 6. The molecule has 1 fully saturated rings. The summed E-state index contributed by atoms with van der Waals surface area (Å²) in [5.41, 5.74) is 1.96. The van der Waals surface area contributed by atoms with Crippen molar-refractivity contribution in [2.75, 3.05) is 31.0 Å². The van der Waals surface area contributed by atoms with Crippen LogP contribution >= 0.6 is 0 Å². The lowest BCUT2D eigenvalue weighted by molar-refractivity contribution is -0.122. The van der Waals surface area contributed by atoms with Crippen LogP contribution in [-0.4, -0.2) is 42.7 Å². The summed E-state index contributed by atoms with van der Waals surface area (Å²) >= 11 is 0. The first-order valence-corrected chi connectivity index (χ1v) is 9.72. The molecule has 1 saturated heterocycles. The first kappa shape index (κ1) is 20.4. The first-order valence-electron chi connectivity index (χ1n) is 9.72. The van der Waals surface area contributed by atoms with E-state index in [1.165, 1.54) is 14.2 Å². The Morgan fingerprint density at radius 3 is 2.55 bits per heavy atom. The number of anilines is 2. The zero-order valence-corrected chi connectivity index (χ0v) is 17.4. The number of nitrogens with zero attached hydrogens (tertiary/aromatic N) is 3. The number of benzene rings is 2. The van der Waals surface area contributed by atoms with E-state index in [1.807, 2.05) is 24.3 Å². The van der Waals surface area contributed by atoms with Gasteiger partial charge in [0.1, 0.15) is 11.5 Å². The normalized spacial score (nSPS) is 15.8. The predicted molar refractivity (Wildman–Crippen MR) is 113 cm³/mol. The van der Waals surface area contributed by atoms with Gasteiger partial charge in [0.25, 0.3) is 0 Å². The summed E-state index contributed by atoms with van der Waals surface area (Å²) in [4.78, 5) is 31.3. The van der Waals surface area contributed by atoms with E-state index in [2.05, 4.69) is 15.5 Å². The Morgan fingerprint density at radius 1 is 1.16 bits per heavy atom. The Bertz CT molecular complexity index is 1100. The summed E-state index contributed by atoms with van der Waals surface area (Å²) in [7, 11) is 3.08. The second kappa shape index (κ2) is 8.47. The van der Waals surface area contributed by atoms with Gasteiger partial charge in [-0.2, -0.15) is 4.98 Å². The predicted octanol–water partition coefficient (Wildman–Crippen LogP) is 3.05. The molecule has 3 aromatic rings. The monoisotopic (exact) mass is 422 g/mol. The van der Waals surface area contributed by atoms with E-state index >= 15 is 0 Å². The molecule has 0 unspecified atom stereocenters. The number of methoxy groups -OCH3 is 2. The van der Waals surface area contributed by atoms with Crippen molar-refractivity contribution in [1.29, 1.82) is 0 Å². The number of hydrogen-bond donors (Lipinski definition) is 1. The van der Waals surface area contributed by atoms with E-state index in [9.17, 15) is 9.59 Å². The van der Waals surface area contributed by atoms with Gasteiger partial charge >= 0.3 is 0 Å². The molecule has 2 aromatic carbocycles. The lowest BCUT2D eigenvalue weighted by atomic mass is 10.1. The topological polar surface area (TPSA) is 107 Å². The van der Waals surface area contributed by atoms with Gasteiger partial charge in [-0.15, -0.1) is 0 Å². The molecule has 1 aliphatic heterocycles. The first-order chi connectivity index (χ1) is 15.0. The third kappa shape index (κ3) is 4.35. The van der Waals surface area contributed by atoms with Gasteiger partial charge in [-0.25, -0.2) is 0 Å². The molecule has 1 atom stereocenters. The quantitative estimate of drug-likeness (QED) is 0.651. The Morgan fingerprint density at radius 2 is 1.90 bits per heavy atom. The molecule has 9 nitrogen and oxygen atoms in total. The highest BCUT2D eigenvalue weighted by Gasteiger charge is 2.35. The maximum Gasteiger partial charge on any atom is 0.229 e. The van der Waals surface area contributed by atoms with Crippen molar-refractivity contribution in [2.45, 2.75) is 13.3 Å². The number of aromatic nitrogens is 2. The molecular formula is C22H22N4O5. The van der Waals surface area contributed by atoms with Crippen LogP contribution in [0.15, 0.2) is 47.0 Å². The number of ether oxygens (including phenoxy) is 2. The van der Waals surface area contributed by atoms with E-state index in [4.69, 9.17) is 14.0 Å². The molecule has 1 N–H and O–H groups in total. The van der Waals surface area contributed by atoms with E-state index in [1.54, 1.807) is 30.0 Å². The fourth-order valence-corrected chi connectivity index (χ4v) is 3.49. The number of aryl methyl sites for hydroxylation is 1. The molecule has 160 valence electrons. The molecular weight excluding hydrogens is 400 g/mol. The molecule has 0 bridgehead atoms. The Labute approximate surface area is 179 Å². The molecule has 0 saturated carbocycles. The van der Waals surface area contributed by atoms with E-state index in [-0.39, 0.29) is 24.8 Å². The summed E-state index contributed by atoms with van der Waals surface area (Å²) in [6.07, 6.45) is 0.123. The minimum atomic E-state index is -0.485. The van der Waals surface area contributed by atoms with Gasteiger partial charge in [-0.3, -0.25) is 9.59 Å². The second-order valence-corrected chi connectivity index (χ2v) is 7.18. The Balaban J connectivity index is 1.49. The SMILES string of the molecule is COc1cc(NC(=O)[C@@H]2CC(=O)N(c3cccc(-c4noc(C)n4)c3)C2)cc(OC)c1. The van der Waals surface area contributed by atoms with Crippen LogP contribution in [0.2, 0.25) is 0 Å². The summed E-state index contributed by atoms with van der Waals surface area (Å²) in [5, 5.41) is 6.77. The number of carbonyl (C=O) groups is 2. The standard InChI is InChI=1S/C22H22N4O5/c1-13-23-21(25-31-13)14-5-4-6-17(7-14)26-12-15(8-20(26)27)22(28)24-16-9-18(29-2)11-19(10-16)30-3/h4-7,9-11,15H,8,12H2,1-3H3,(H,24,28)/t15-/m1/s1. The zero-order chi connectivity index (χ0) is 22.0. The van der Waals surface area contributed by atoms with Crippen LogP contribution in [0, 0.1) is 12.8 Å². The molecule has 2 amide bonds. The second-order valence-electron chi connectivity index (χ2n) is 7.18. The average molecular weight is 422 g/mol. The highest BCUT2D eigenvalue weighted by atomic mass is 16.5. The van der Waals surface area contributed by atoms with Gasteiger partial charge in [0.15, 0.2) is 0 Å². The summed E-state index contributed by atoms with van der Waals surface area (Å²) in [5.74, 6) is 1.19. The van der Waals surface area contributed by atoms with Crippen molar-refractivity contribution in [3.05, 3.63) is 48.4 Å². The highest BCUT2D eigenvalue weighted by Crippen LogP contribution is 2.30. The van der Waals surface area contributed by atoms with Crippen molar-refractivity contribution in [3.8, 4) is 22.9 Å². The van der Waals surface area contributed by atoms with Gasteiger partial charge in [-0.05, 0) is 12.1 Å². The average Bonchev–Trinajstić information content (AvgIpc) is 3.39. The van der Waals surface area contributed by atoms with E-state index in [0.29, 0.717) is 34.6 Å². The van der Waals surface area contributed by atoms with Gasteiger partial charge in [0.2, 0.25) is 23.5 Å². The Kier molecular flexibility index (Phi) is 5.57. The molecule has 0 spiro atoms. The fourth-order valence-electron chi connectivity index (χ4n) is 3.49. The molecule has 2 heterocycles. The number of carbonyl (C=O) groups excluding carboxylic acids is 2. The van der Waals surface area contributed by atoms with Crippen molar-refractivity contribution in [2.24, 2.45) is 5.92 Å². The number of hydrogen-bond acceptors (Lipinski definition) is 7. The van der Waals surface area contributed by atoms with Crippen molar-refractivity contribution < 1.29 is 23.6 Å². The molecule has 9 heteroatoms. The van der Waals surface area contributed by atoms with Gasteiger partial charge in [0, 0.05) is 55.0 Å². The van der Waals surface area contributed by atoms with Crippen LogP contribution < -0.4 is 19.7 Å². The molecule has 31 heavy (non-hydrogen) atoms. The Hall–Kier alpha value is -3.88. The lowest BCUT2D eigenvalue weighted by Gasteiger charge is -2.17. The van der Waals surface area contributed by atoms with E-state index < -0.39 is 5.92 Å². The van der Waals surface area contributed by atoms with Crippen LogP contribution in [0.3, 0.4) is 0 Å². The molecule has 1 aliphatic rings. The maximum atomic E-state index is 12.8. The van der Waals surface area contributed by atoms with Crippen molar-refractivity contribution in [3.63, 3.8) is 0 Å². The molecule has 1 aromatic heterocycles. The van der Waals surface area contributed by atoms with Gasteiger partial charge < -0.3 is 24.2 Å². The third-order valence-electron chi connectivity index (χ3n) is 5.06. The van der Waals surface area contributed by atoms with E-state index in [0.717, 1.165) is 5.56 Å². The smallest absolute Gasteiger partial charge is 0.229 e. The third-order valence-corrected chi connectivity index (χ3v) is 5.06. The van der Waals surface area contributed by atoms with Crippen molar-refractivity contribution in [1.82, 2.24) is 10.1 Å². The largest absolute Gasteiger partial charge is 0.497 e. The molecule has 4 rings (SSSR count). The number of amides is 2. The van der Waals surface area contributed by atoms with Crippen LogP contribution in [-0.2, 0) is 9.59 Å². The minimum absolute atomic E-state index is 0.121.